The van der Waals surface area contributed by atoms with Crippen LogP contribution in [0.15, 0.2) is 47.6 Å². The average molecular weight is 284 g/mol. The largest absolute Gasteiger partial charge is 0.507 e. The molecular weight excluding hydrogens is 264 g/mol. The zero-order valence-corrected chi connectivity index (χ0v) is 12.6. The number of benzene rings is 1. The maximum atomic E-state index is 11.3. The summed E-state index contributed by atoms with van der Waals surface area (Å²) in [6.07, 6.45) is 7.18. The first-order valence-electron chi connectivity index (χ1n) is 7.09. The molecule has 2 rings (SSSR count). The molecule has 1 aliphatic carbocycles. The Balaban J connectivity index is 2.26. The Morgan fingerprint density at radius 1 is 1.33 bits per heavy atom. The maximum absolute atomic E-state index is 11.3. The van der Waals surface area contributed by atoms with Crippen LogP contribution in [0.1, 0.15) is 39.2 Å². The number of ether oxygens (including phenoxy) is 1. The van der Waals surface area contributed by atoms with Crippen molar-refractivity contribution in [1.29, 1.82) is 0 Å². The summed E-state index contributed by atoms with van der Waals surface area (Å²) in [5.74, 6) is 0.192. The molecule has 0 amide bonds. The molecule has 0 saturated carbocycles. The Hall–Kier alpha value is -2.29. The molecule has 0 atom stereocenters. The molecule has 0 aliphatic heterocycles. The third kappa shape index (κ3) is 3.63. The summed E-state index contributed by atoms with van der Waals surface area (Å²) >= 11 is 0. The van der Waals surface area contributed by atoms with Gasteiger partial charge >= 0.3 is 5.97 Å². The highest BCUT2D eigenvalue weighted by molar-refractivity contribution is 5.77. The number of phenolic OH excluding ortho intramolecular Hbond substituents is 1. The monoisotopic (exact) mass is 284 g/mol. The third-order valence-electron chi connectivity index (χ3n) is 3.45. The molecule has 1 aromatic rings. The molecule has 21 heavy (non-hydrogen) atoms. The fourth-order valence-electron chi connectivity index (χ4n) is 2.18. The number of hydrogen-bond acceptors (Lipinski definition) is 3. The van der Waals surface area contributed by atoms with Crippen molar-refractivity contribution in [3.8, 4) is 11.5 Å². The van der Waals surface area contributed by atoms with Crippen molar-refractivity contribution >= 4 is 11.5 Å². The minimum absolute atomic E-state index is 0.131. The van der Waals surface area contributed by atoms with E-state index < -0.39 is 0 Å². The van der Waals surface area contributed by atoms with E-state index in [2.05, 4.69) is 19.9 Å². The molecule has 0 bridgehead atoms. The fraction of sp³-hybridized carbons (Fsp3) is 0.278. The smallest absolute Gasteiger partial charge is 0.310 e. The third-order valence-corrected chi connectivity index (χ3v) is 3.45. The lowest BCUT2D eigenvalue weighted by Crippen LogP contribution is -2.05. The van der Waals surface area contributed by atoms with Crippen molar-refractivity contribution in [1.82, 2.24) is 0 Å². The molecule has 0 saturated heterocycles. The van der Waals surface area contributed by atoms with Crippen molar-refractivity contribution in [3.63, 3.8) is 0 Å². The van der Waals surface area contributed by atoms with Gasteiger partial charge in [0.25, 0.3) is 0 Å². The SMILES string of the molecule is CCC(=O)Oc1ccc(C2=CC=CC(=C(C)C)C2)c(O)c1. The Morgan fingerprint density at radius 2 is 2.10 bits per heavy atom. The van der Waals surface area contributed by atoms with Crippen LogP contribution in [0.5, 0.6) is 11.5 Å². The Labute approximate surface area is 125 Å². The number of hydrogen-bond donors (Lipinski definition) is 1. The maximum Gasteiger partial charge on any atom is 0.310 e. The molecule has 0 fully saturated rings. The highest BCUT2D eigenvalue weighted by Crippen LogP contribution is 2.35. The average Bonchev–Trinajstić information content (AvgIpc) is 2.47. The normalized spacial score (nSPS) is 13.9. The second-order valence-corrected chi connectivity index (χ2v) is 5.26. The van der Waals surface area contributed by atoms with Crippen LogP contribution in [-0.4, -0.2) is 11.1 Å². The number of rotatable bonds is 3. The van der Waals surface area contributed by atoms with E-state index in [4.69, 9.17) is 4.74 Å². The van der Waals surface area contributed by atoms with Crippen LogP contribution in [0, 0.1) is 0 Å². The lowest BCUT2D eigenvalue weighted by molar-refractivity contribution is -0.134. The molecule has 0 radical (unpaired) electrons. The van der Waals surface area contributed by atoms with E-state index in [1.54, 1.807) is 19.1 Å². The first kappa shape index (κ1) is 15.1. The predicted octanol–water partition coefficient (Wildman–Crippen LogP) is 4.39. The lowest BCUT2D eigenvalue weighted by Gasteiger charge is -2.15. The molecule has 110 valence electrons. The van der Waals surface area contributed by atoms with Gasteiger partial charge < -0.3 is 9.84 Å². The molecule has 3 heteroatoms. The second-order valence-electron chi connectivity index (χ2n) is 5.26. The molecule has 1 N–H and O–H groups in total. The summed E-state index contributed by atoms with van der Waals surface area (Å²) in [5, 5.41) is 10.2. The van der Waals surface area contributed by atoms with E-state index in [0.29, 0.717) is 12.2 Å². The van der Waals surface area contributed by atoms with E-state index in [1.165, 1.54) is 17.2 Å². The van der Waals surface area contributed by atoms with Gasteiger partial charge in [0.05, 0.1) is 0 Å². The molecular formula is C18H20O3. The highest BCUT2D eigenvalue weighted by Gasteiger charge is 2.13. The first-order chi connectivity index (χ1) is 10.0. The quantitative estimate of drug-likeness (QED) is 0.661. The summed E-state index contributed by atoms with van der Waals surface area (Å²) in [5.41, 5.74) is 4.35. The zero-order valence-electron chi connectivity index (χ0n) is 12.6. The zero-order chi connectivity index (χ0) is 15.4. The molecule has 1 aromatic carbocycles. The van der Waals surface area contributed by atoms with Gasteiger partial charge in [-0.25, -0.2) is 0 Å². The topological polar surface area (TPSA) is 46.5 Å². The number of esters is 1. The standard InChI is InChI=1S/C18H20O3/c1-4-18(20)21-15-8-9-16(17(19)11-15)14-7-5-6-13(10-14)12(2)3/h5-9,11,19H,4,10H2,1-3H3. The number of allylic oxidation sites excluding steroid dienone is 6. The highest BCUT2D eigenvalue weighted by atomic mass is 16.5. The van der Waals surface area contributed by atoms with Crippen molar-refractivity contribution in [2.24, 2.45) is 0 Å². The molecule has 3 nitrogen and oxygen atoms in total. The van der Waals surface area contributed by atoms with Gasteiger partial charge in [-0.2, -0.15) is 0 Å². The van der Waals surface area contributed by atoms with Gasteiger partial charge in [0, 0.05) is 18.1 Å². The van der Waals surface area contributed by atoms with Gasteiger partial charge in [-0.05, 0) is 43.5 Å². The minimum atomic E-state index is -0.311. The molecule has 1 aliphatic rings. The molecule has 0 heterocycles. The summed E-state index contributed by atoms with van der Waals surface area (Å²) in [4.78, 5) is 11.3. The molecule has 0 unspecified atom stereocenters. The van der Waals surface area contributed by atoms with E-state index in [-0.39, 0.29) is 11.7 Å². The van der Waals surface area contributed by atoms with Crippen molar-refractivity contribution in [2.45, 2.75) is 33.6 Å². The Bertz CT molecular complexity index is 644. The van der Waals surface area contributed by atoms with Gasteiger partial charge in [-0.1, -0.05) is 30.7 Å². The van der Waals surface area contributed by atoms with E-state index in [0.717, 1.165) is 17.6 Å². The summed E-state index contributed by atoms with van der Waals surface area (Å²) in [6, 6.07) is 5.00. The number of phenols is 1. The summed E-state index contributed by atoms with van der Waals surface area (Å²) < 4.78 is 5.10. The predicted molar refractivity (Wildman–Crippen MR) is 84.1 cm³/mol. The van der Waals surface area contributed by atoms with Crippen molar-refractivity contribution in [2.75, 3.05) is 0 Å². The van der Waals surface area contributed by atoms with Crippen molar-refractivity contribution in [3.05, 3.63) is 53.1 Å². The van der Waals surface area contributed by atoms with Crippen LogP contribution < -0.4 is 4.74 Å². The summed E-state index contributed by atoms with van der Waals surface area (Å²) in [7, 11) is 0. The van der Waals surface area contributed by atoms with Gasteiger partial charge in [-0.15, -0.1) is 0 Å². The Kier molecular flexibility index (Phi) is 4.63. The Morgan fingerprint density at radius 3 is 2.71 bits per heavy atom. The number of carbonyl (C=O) groups excluding carboxylic acids is 1. The van der Waals surface area contributed by atoms with Crippen LogP contribution in [0.4, 0.5) is 0 Å². The minimum Gasteiger partial charge on any atom is -0.507 e. The van der Waals surface area contributed by atoms with Crippen molar-refractivity contribution < 1.29 is 14.6 Å². The van der Waals surface area contributed by atoms with Gasteiger partial charge in [0.1, 0.15) is 11.5 Å². The van der Waals surface area contributed by atoms with Crippen LogP contribution in [0.3, 0.4) is 0 Å². The van der Waals surface area contributed by atoms with Crippen LogP contribution in [-0.2, 0) is 4.79 Å². The number of carbonyl (C=O) groups is 1. The van der Waals surface area contributed by atoms with E-state index >= 15 is 0 Å². The molecule has 0 spiro atoms. The summed E-state index contributed by atoms with van der Waals surface area (Å²) in [6.45, 7) is 5.89. The van der Waals surface area contributed by atoms with Crippen LogP contribution in [0.25, 0.3) is 5.57 Å². The van der Waals surface area contributed by atoms with Crippen LogP contribution in [0.2, 0.25) is 0 Å². The lowest BCUT2D eigenvalue weighted by atomic mass is 9.91. The van der Waals surface area contributed by atoms with E-state index in [1.807, 2.05) is 12.2 Å². The van der Waals surface area contributed by atoms with Gasteiger partial charge in [-0.3, -0.25) is 4.79 Å². The first-order valence-corrected chi connectivity index (χ1v) is 7.09. The second kappa shape index (κ2) is 6.44. The van der Waals surface area contributed by atoms with Gasteiger partial charge in [0.15, 0.2) is 0 Å². The van der Waals surface area contributed by atoms with E-state index in [9.17, 15) is 9.90 Å². The molecule has 0 aromatic heterocycles. The van der Waals surface area contributed by atoms with Crippen LogP contribution >= 0.6 is 0 Å². The fourth-order valence-corrected chi connectivity index (χ4v) is 2.18. The van der Waals surface area contributed by atoms with Gasteiger partial charge in [0.2, 0.25) is 0 Å². The number of aromatic hydroxyl groups is 1.